The van der Waals surface area contributed by atoms with Crippen molar-refractivity contribution in [2.75, 3.05) is 0 Å². The smallest absolute Gasteiger partial charge is 0.312 e. The number of hydrogen-bond donors (Lipinski definition) is 0. The Labute approximate surface area is 161 Å². The molecule has 0 aliphatic heterocycles. The molecule has 0 aromatic heterocycles. The van der Waals surface area contributed by atoms with Crippen LogP contribution >= 0.6 is 0 Å². The highest BCUT2D eigenvalue weighted by molar-refractivity contribution is 7.87. The molecule has 0 saturated carbocycles. The SMILES string of the molecule is CCCCCCCCC(CCCCCC)S(=O)(=O)Oc1ccccc1C. The van der Waals surface area contributed by atoms with E-state index in [1.54, 1.807) is 6.07 Å². The van der Waals surface area contributed by atoms with Crippen molar-refractivity contribution in [3.8, 4) is 5.75 Å². The van der Waals surface area contributed by atoms with Crippen LogP contribution in [-0.2, 0) is 10.1 Å². The first kappa shape index (κ1) is 23.0. The van der Waals surface area contributed by atoms with Crippen molar-refractivity contribution in [3.05, 3.63) is 29.8 Å². The largest absolute Gasteiger partial charge is 0.382 e. The Balaban J connectivity index is 2.63. The maximum Gasteiger partial charge on any atom is 0.312 e. The fourth-order valence-corrected chi connectivity index (χ4v) is 4.71. The van der Waals surface area contributed by atoms with E-state index in [4.69, 9.17) is 4.18 Å². The standard InChI is InChI=1S/C22H38O3S/c1-4-6-8-10-11-13-18-21(17-12-9-7-5-2)26(23,24)25-22-19-15-14-16-20(22)3/h14-16,19,21H,4-13,17-18H2,1-3H3. The van der Waals surface area contributed by atoms with Gasteiger partial charge in [-0.1, -0.05) is 96.3 Å². The lowest BCUT2D eigenvalue weighted by Crippen LogP contribution is -2.26. The van der Waals surface area contributed by atoms with Crippen LogP contribution in [0.4, 0.5) is 0 Å². The van der Waals surface area contributed by atoms with Crippen molar-refractivity contribution >= 4 is 10.1 Å². The van der Waals surface area contributed by atoms with Crippen LogP contribution in [0.15, 0.2) is 24.3 Å². The molecule has 150 valence electrons. The summed E-state index contributed by atoms with van der Waals surface area (Å²) in [6.45, 7) is 6.27. The molecule has 26 heavy (non-hydrogen) atoms. The summed E-state index contributed by atoms with van der Waals surface area (Å²) in [6, 6.07) is 7.34. The minimum absolute atomic E-state index is 0.384. The first-order valence-electron chi connectivity index (χ1n) is 10.5. The van der Waals surface area contributed by atoms with E-state index in [9.17, 15) is 8.42 Å². The lowest BCUT2D eigenvalue weighted by molar-refractivity contribution is 0.446. The molecule has 1 unspecified atom stereocenters. The maximum atomic E-state index is 12.9. The molecule has 0 N–H and O–H groups in total. The van der Waals surface area contributed by atoms with E-state index in [-0.39, 0.29) is 5.25 Å². The second-order valence-corrected chi connectivity index (χ2v) is 9.19. The molecule has 0 aliphatic carbocycles. The van der Waals surface area contributed by atoms with Gasteiger partial charge in [-0.3, -0.25) is 0 Å². The summed E-state index contributed by atoms with van der Waals surface area (Å²) in [4.78, 5) is 0. The minimum atomic E-state index is -3.58. The second kappa shape index (κ2) is 13.2. The van der Waals surface area contributed by atoms with Gasteiger partial charge in [0.25, 0.3) is 0 Å². The van der Waals surface area contributed by atoms with Crippen LogP contribution in [-0.4, -0.2) is 13.7 Å². The summed E-state index contributed by atoms with van der Waals surface area (Å²) in [7, 11) is -3.58. The number of unbranched alkanes of at least 4 members (excludes halogenated alkanes) is 8. The fourth-order valence-electron chi connectivity index (χ4n) is 3.23. The van der Waals surface area contributed by atoms with Gasteiger partial charge in [0.2, 0.25) is 0 Å². The molecular weight excluding hydrogens is 344 g/mol. The maximum absolute atomic E-state index is 12.9. The van der Waals surface area contributed by atoms with E-state index in [2.05, 4.69) is 13.8 Å². The Bertz CT molecular complexity index is 581. The number of para-hydroxylation sites is 1. The monoisotopic (exact) mass is 382 g/mol. The van der Waals surface area contributed by atoms with Gasteiger partial charge in [-0.25, -0.2) is 0 Å². The first-order valence-corrected chi connectivity index (χ1v) is 12.0. The molecule has 0 aliphatic rings. The Morgan fingerprint density at radius 1 is 0.808 bits per heavy atom. The fraction of sp³-hybridized carbons (Fsp3) is 0.727. The number of hydrogen-bond acceptors (Lipinski definition) is 3. The summed E-state index contributed by atoms with van der Waals surface area (Å²) in [5, 5.41) is -0.384. The highest BCUT2D eigenvalue weighted by Crippen LogP contribution is 2.25. The van der Waals surface area contributed by atoms with Gasteiger partial charge in [-0.2, -0.15) is 8.42 Å². The molecule has 0 heterocycles. The summed E-state index contributed by atoms with van der Waals surface area (Å²) in [6.07, 6.45) is 12.9. The normalized spacial score (nSPS) is 12.9. The zero-order valence-corrected chi connectivity index (χ0v) is 17.8. The third-order valence-electron chi connectivity index (χ3n) is 4.97. The van der Waals surface area contributed by atoms with Crippen LogP contribution in [0.3, 0.4) is 0 Å². The van der Waals surface area contributed by atoms with Gasteiger partial charge in [0.1, 0.15) is 5.75 Å². The van der Waals surface area contributed by atoms with Crippen molar-refractivity contribution in [2.45, 2.75) is 103 Å². The van der Waals surface area contributed by atoms with Crippen molar-refractivity contribution < 1.29 is 12.6 Å². The molecule has 3 nitrogen and oxygen atoms in total. The molecule has 0 fully saturated rings. The highest BCUT2D eigenvalue weighted by Gasteiger charge is 2.27. The average molecular weight is 383 g/mol. The second-order valence-electron chi connectivity index (χ2n) is 7.37. The molecule has 1 rings (SSSR count). The van der Waals surface area contributed by atoms with E-state index >= 15 is 0 Å². The average Bonchev–Trinajstić information content (AvgIpc) is 2.61. The van der Waals surface area contributed by atoms with E-state index < -0.39 is 10.1 Å². The lowest BCUT2D eigenvalue weighted by Gasteiger charge is -2.19. The Kier molecular flexibility index (Phi) is 11.7. The Hall–Kier alpha value is -1.03. The predicted octanol–water partition coefficient (Wildman–Crippen LogP) is 6.79. The number of aryl methyl sites for hydroxylation is 1. The zero-order chi connectivity index (χ0) is 19.3. The van der Waals surface area contributed by atoms with Crippen LogP contribution in [0.1, 0.15) is 96.5 Å². The van der Waals surface area contributed by atoms with Gasteiger partial charge in [0, 0.05) is 0 Å². The van der Waals surface area contributed by atoms with Crippen molar-refractivity contribution in [2.24, 2.45) is 0 Å². The summed E-state index contributed by atoms with van der Waals surface area (Å²) >= 11 is 0. The highest BCUT2D eigenvalue weighted by atomic mass is 32.2. The molecule has 4 heteroatoms. The predicted molar refractivity (Wildman–Crippen MR) is 111 cm³/mol. The van der Waals surface area contributed by atoms with Crippen molar-refractivity contribution in [1.29, 1.82) is 0 Å². The molecular formula is C22H38O3S. The quantitative estimate of drug-likeness (QED) is 0.248. The summed E-state index contributed by atoms with van der Waals surface area (Å²) < 4.78 is 31.2. The summed E-state index contributed by atoms with van der Waals surface area (Å²) in [5.41, 5.74) is 0.861. The minimum Gasteiger partial charge on any atom is -0.382 e. The van der Waals surface area contributed by atoms with Crippen LogP contribution in [0.5, 0.6) is 5.75 Å². The van der Waals surface area contributed by atoms with Gasteiger partial charge in [-0.05, 0) is 31.4 Å². The molecule has 1 aromatic rings. The van der Waals surface area contributed by atoms with Gasteiger partial charge < -0.3 is 4.18 Å². The third kappa shape index (κ3) is 9.07. The van der Waals surface area contributed by atoms with Crippen molar-refractivity contribution in [1.82, 2.24) is 0 Å². The Morgan fingerprint density at radius 3 is 1.88 bits per heavy atom. The third-order valence-corrected chi connectivity index (χ3v) is 6.67. The van der Waals surface area contributed by atoms with E-state index in [1.165, 1.54) is 32.1 Å². The zero-order valence-electron chi connectivity index (χ0n) is 17.0. The van der Waals surface area contributed by atoms with E-state index in [0.717, 1.165) is 37.7 Å². The van der Waals surface area contributed by atoms with Gasteiger partial charge >= 0.3 is 10.1 Å². The molecule has 0 bridgehead atoms. The van der Waals surface area contributed by atoms with Crippen LogP contribution in [0.2, 0.25) is 0 Å². The molecule has 0 saturated heterocycles. The first-order chi connectivity index (χ1) is 12.5. The van der Waals surface area contributed by atoms with Gasteiger partial charge in [0.15, 0.2) is 0 Å². The number of benzene rings is 1. The van der Waals surface area contributed by atoms with Gasteiger partial charge in [-0.15, -0.1) is 0 Å². The van der Waals surface area contributed by atoms with Crippen molar-refractivity contribution in [3.63, 3.8) is 0 Å². The molecule has 0 amide bonds. The number of rotatable bonds is 15. The lowest BCUT2D eigenvalue weighted by atomic mass is 10.0. The van der Waals surface area contributed by atoms with E-state index in [0.29, 0.717) is 18.6 Å². The van der Waals surface area contributed by atoms with Crippen LogP contribution in [0.25, 0.3) is 0 Å². The molecule has 1 atom stereocenters. The molecule has 0 radical (unpaired) electrons. The topological polar surface area (TPSA) is 43.4 Å². The Morgan fingerprint density at radius 2 is 1.31 bits per heavy atom. The van der Waals surface area contributed by atoms with E-state index in [1.807, 2.05) is 25.1 Å². The summed E-state index contributed by atoms with van der Waals surface area (Å²) in [5.74, 6) is 0.467. The molecule has 1 aromatic carbocycles. The molecule has 0 spiro atoms. The van der Waals surface area contributed by atoms with Crippen LogP contribution in [0, 0.1) is 6.92 Å². The van der Waals surface area contributed by atoms with Gasteiger partial charge in [0.05, 0.1) is 5.25 Å². The van der Waals surface area contributed by atoms with Crippen LogP contribution < -0.4 is 4.18 Å².